The molecule has 1 aromatic rings. The van der Waals surface area contributed by atoms with E-state index in [1.54, 1.807) is 12.1 Å². The predicted octanol–water partition coefficient (Wildman–Crippen LogP) is 1.75. The number of hydrogen-bond acceptors (Lipinski definition) is 3. The SMILES string of the molecule is COC(=O)[C@H](Cc1ccc(F)cc1)C(C)=O. The number of carbonyl (C=O) groups excluding carboxylic acids is 2. The molecule has 0 radical (unpaired) electrons. The molecule has 16 heavy (non-hydrogen) atoms. The van der Waals surface area contributed by atoms with Gasteiger partial charge in [-0.2, -0.15) is 0 Å². The van der Waals surface area contributed by atoms with E-state index in [4.69, 9.17) is 0 Å². The Balaban J connectivity index is 2.80. The second-order valence-electron chi connectivity index (χ2n) is 3.52. The molecule has 0 spiro atoms. The van der Waals surface area contributed by atoms with Crippen LogP contribution in [0.15, 0.2) is 24.3 Å². The van der Waals surface area contributed by atoms with Gasteiger partial charge >= 0.3 is 5.97 Å². The van der Waals surface area contributed by atoms with Crippen molar-refractivity contribution in [3.8, 4) is 0 Å². The lowest BCUT2D eigenvalue weighted by molar-refractivity contribution is -0.148. The lowest BCUT2D eigenvalue weighted by Crippen LogP contribution is -2.25. The molecule has 0 heterocycles. The molecule has 0 bridgehead atoms. The summed E-state index contributed by atoms with van der Waals surface area (Å²) in [6, 6.07) is 5.69. The van der Waals surface area contributed by atoms with Crippen LogP contribution in [0.5, 0.6) is 0 Å². The van der Waals surface area contributed by atoms with Crippen molar-refractivity contribution in [2.45, 2.75) is 13.3 Å². The summed E-state index contributed by atoms with van der Waals surface area (Å²) < 4.78 is 17.2. The molecule has 3 nitrogen and oxygen atoms in total. The molecule has 0 aliphatic heterocycles. The molecule has 4 heteroatoms. The molecule has 1 aromatic carbocycles. The third-order valence-corrected chi connectivity index (χ3v) is 2.33. The van der Waals surface area contributed by atoms with Crippen molar-refractivity contribution in [3.63, 3.8) is 0 Å². The third kappa shape index (κ3) is 3.15. The van der Waals surface area contributed by atoms with Crippen LogP contribution < -0.4 is 0 Å². The van der Waals surface area contributed by atoms with Crippen molar-refractivity contribution in [2.24, 2.45) is 5.92 Å². The van der Waals surface area contributed by atoms with E-state index in [1.165, 1.54) is 26.2 Å². The van der Waals surface area contributed by atoms with Crippen molar-refractivity contribution in [3.05, 3.63) is 35.6 Å². The van der Waals surface area contributed by atoms with E-state index in [9.17, 15) is 14.0 Å². The van der Waals surface area contributed by atoms with Crippen molar-refractivity contribution in [2.75, 3.05) is 7.11 Å². The molecule has 0 saturated heterocycles. The lowest BCUT2D eigenvalue weighted by atomic mass is 9.96. The lowest BCUT2D eigenvalue weighted by Gasteiger charge is -2.11. The van der Waals surface area contributed by atoms with Gasteiger partial charge in [-0.25, -0.2) is 4.39 Å². The monoisotopic (exact) mass is 224 g/mol. The number of Topliss-reactive ketones (excluding diaryl/α,β-unsaturated/α-hetero) is 1. The maximum atomic E-state index is 12.6. The normalized spacial score (nSPS) is 11.9. The first kappa shape index (κ1) is 12.4. The Labute approximate surface area is 93.2 Å². The second-order valence-corrected chi connectivity index (χ2v) is 3.52. The van der Waals surface area contributed by atoms with Crippen molar-refractivity contribution in [1.82, 2.24) is 0 Å². The Kier molecular flexibility index (Phi) is 4.17. The van der Waals surface area contributed by atoms with Gasteiger partial charge in [-0.15, -0.1) is 0 Å². The highest BCUT2D eigenvalue weighted by molar-refractivity contribution is 5.97. The fraction of sp³-hybridized carbons (Fsp3) is 0.333. The van der Waals surface area contributed by atoms with Crippen LogP contribution in [0.25, 0.3) is 0 Å². The van der Waals surface area contributed by atoms with Crippen LogP contribution in [0.2, 0.25) is 0 Å². The Morgan fingerprint density at radius 1 is 1.31 bits per heavy atom. The van der Waals surface area contributed by atoms with Crippen molar-refractivity contribution in [1.29, 1.82) is 0 Å². The Morgan fingerprint density at radius 3 is 2.31 bits per heavy atom. The first-order valence-electron chi connectivity index (χ1n) is 4.87. The number of rotatable bonds is 4. The molecule has 0 aliphatic rings. The van der Waals surface area contributed by atoms with Crippen LogP contribution >= 0.6 is 0 Å². The van der Waals surface area contributed by atoms with Gasteiger partial charge in [-0.3, -0.25) is 9.59 Å². The van der Waals surface area contributed by atoms with Gasteiger partial charge in [0.1, 0.15) is 17.5 Å². The van der Waals surface area contributed by atoms with E-state index in [2.05, 4.69) is 4.74 Å². The minimum atomic E-state index is -0.810. The number of ketones is 1. The van der Waals surface area contributed by atoms with Gasteiger partial charge in [-0.05, 0) is 31.0 Å². The smallest absolute Gasteiger partial charge is 0.316 e. The standard InChI is InChI=1S/C12H13FO3/c1-8(14)11(12(15)16-2)7-9-3-5-10(13)6-4-9/h3-6,11H,7H2,1-2H3/t11-/m1/s1. The van der Waals surface area contributed by atoms with Crippen LogP contribution in [0.4, 0.5) is 4.39 Å². The van der Waals surface area contributed by atoms with E-state index in [0.29, 0.717) is 0 Å². The summed E-state index contributed by atoms with van der Waals surface area (Å²) in [5, 5.41) is 0. The van der Waals surface area contributed by atoms with Crippen LogP contribution in [0.3, 0.4) is 0 Å². The van der Waals surface area contributed by atoms with E-state index >= 15 is 0 Å². The molecular weight excluding hydrogens is 211 g/mol. The van der Waals surface area contributed by atoms with Gasteiger partial charge in [0.25, 0.3) is 0 Å². The zero-order valence-corrected chi connectivity index (χ0v) is 9.20. The Hall–Kier alpha value is -1.71. The zero-order chi connectivity index (χ0) is 12.1. The Bertz CT molecular complexity index is 384. The number of benzene rings is 1. The topological polar surface area (TPSA) is 43.4 Å². The molecule has 0 amide bonds. The van der Waals surface area contributed by atoms with Crippen LogP contribution in [-0.4, -0.2) is 18.9 Å². The third-order valence-electron chi connectivity index (χ3n) is 2.33. The maximum Gasteiger partial charge on any atom is 0.316 e. The minimum absolute atomic E-state index is 0.238. The number of methoxy groups -OCH3 is 1. The van der Waals surface area contributed by atoms with Gasteiger partial charge in [-0.1, -0.05) is 12.1 Å². The first-order chi connectivity index (χ1) is 7.54. The van der Waals surface area contributed by atoms with Crippen molar-refractivity contribution < 1.29 is 18.7 Å². The van der Waals surface area contributed by atoms with Gasteiger partial charge in [0.2, 0.25) is 0 Å². The van der Waals surface area contributed by atoms with E-state index < -0.39 is 11.9 Å². The van der Waals surface area contributed by atoms with E-state index in [0.717, 1.165) is 5.56 Å². The maximum absolute atomic E-state index is 12.6. The summed E-state index contributed by atoms with van der Waals surface area (Å²) in [5.74, 6) is -1.97. The molecule has 0 unspecified atom stereocenters. The molecule has 1 atom stereocenters. The summed E-state index contributed by atoms with van der Waals surface area (Å²) in [5.41, 5.74) is 0.729. The van der Waals surface area contributed by atoms with E-state index in [1.807, 2.05) is 0 Å². The number of halogens is 1. The molecule has 0 fully saturated rings. The highest BCUT2D eigenvalue weighted by Gasteiger charge is 2.24. The van der Waals surface area contributed by atoms with Crippen LogP contribution in [0.1, 0.15) is 12.5 Å². The summed E-state index contributed by atoms with van der Waals surface area (Å²) in [7, 11) is 1.24. The summed E-state index contributed by atoms with van der Waals surface area (Å²) in [6.45, 7) is 1.34. The number of ether oxygens (including phenoxy) is 1. The van der Waals surface area contributed by atoms with E-state index in [-0.39, 0.29) is 18.0 Å². The predicted molar refractivity (Wildman–Crippen MR) is 56.3 cm³/mol. The number of hydrogen-bond donors (Lipinski definition) is 0. The van der Waals surface area contributed by atoms with Crippen LogP contribution in [0, 0.1) is 11.7 Å². The second kappa shape index (κ2) is 5.39. The fourth-order valence-corrected chi connectivity index (χ4v) is 1.39. The molecule has 0 aromatic heterocycles. The number of esters is 1. The quantitative estimate of drug-likeness (QED) is 0.578. The van der Waals surface area contributed by atoms with Gasteiger partial charge in [0.15, 0.2) is 0 Å². The largest absolute Gasteiger partial charge is 0.468 e. The van der Waals surface area contributed by atoms with Crippen molar-refractivity contribution >= 4 is 11.8 Å². The minimum Gasteiger partial charge on any atom is -0.468 e. The molecular formula is C12H13FO3. The van der Waals surface area contributed by atoms with Gasteiger partial charge in [0.05, 0.1) is 7.11 Å². The average Bonchev–Trinajstić information content (AvgIpc) is 2.27. The Morgan fingerprint density at radius 2 is 1.88 bits per heavy atom. The van der Waals surface area contributed by atoms with Crippen LogP contribution in [-0.2, 0) is 20.7 Å². The summed E-state index contributed by atoms with van der Waals surface area (Å²) in [4.78, 5) is 22.5. The van der Waals surface area contributed by atoms with Gasteiger partial charge < -0.3 is 4.74 Å². The molecule has 86 valence electrons. The van der Waals surface area contributed by atoms with Gasteiger partial charge in [0, 0.05) is 0 Å². The summed E-state index contributed by atoms with van der Waals surface area (Å²) in [6.07, 6.45) is 0.238. The summed E-state index contributed by atoms with van der Waals surface area (Å²) >= 11 is 0. The highest BCUT2D eigenvalue weighted by Crippen LogP contribution is 2.12. The average molecular weight is 224 g/mol. The molecule has 1 rings (SSSR count). The highest BCUT2D eigenvalue weighted by atomic mass is 19.1. The number of carbonyl (C=O) groups is 2. The first-order valence-corrected chi connectivity index (χ1v) is 4.87. The zero-order valence-electron chi connectivity index (χ0n) is 9.20. The fourth-order valence-electron chi connectivity index (χ4n) is 1.39. The molecule has 0 N–H and O–H groups in total. The molecule has 0 saturated carbocycles. The molecule has 0 aliphatic carbocycles.